The fraction of sp³-hybridized carbons (Fsp3) is 0.400. The molecule has 0 aliphatic heterocycles. The van der Waals surface area contributed by atoms with E-state index >= 15 is 0 Å². The van der Waals surface area contributed by atoms with Gasteiger partial charge in [-0.3, -0.25) is 4.79 Å². The molecule has 1 aromatic rings. The average Bonchev–Trinajstić information content (AvgIpc) is 2.34. The standard InChI is InChI=1S/C5H6N2O4/c1-10-5-3(2-4(8)9)6-11-7-5/h2H2,1H3,(H,8,9). The Labute approximate surface area is 61.7 Å². The van der Waals surface area contributed by atoms with Crippen LogP contribution in [0, 0.1) is 0 Å². The van der Waals surface area contributed by atoms with E-state index in [0.29, 0.717) is 0 Å². The van der Waals surface area contributed by atoms with Crippen LogP contribution in [0.1, 0.15) is 5.69 Å². The molecule has 0 aliphatic rings. The van der Waals surface area contributed by atoms with Gasteiger partial charge in [-0.2, -0.15) is 0 Å². The van der Waals surface area contributed by atoms with E-state index in [2.05, 4.69) is 19.7 Å². The number of hydrogen-bond donors (Lipinski definition) is 1. The van der Waals surface area contributed by atoms with Crippen LogP contribution in [0.25, 0.3) is 0 Å². The maximum absolute atomic E-state index is 10.2. The number of hydrogen-bond acceptors (Lipinski definition) is 5. The maximum atomic E-state index is 10.2. The normalized spacial score (nSPS) is 9.55. The predicted octanol–water partition coefficient (Wildman–Crippen LogP) is -0.295. The van der Waals surface area contributed by atoms with Gasteiger partial charge in [-0.25, -0.2) is 4.63 Å². The maximum Gasteiger partial charge on any atom is 0.309 e. The van der Waals surface area contributed by atoms with Crippen molar-refractivity contribution in [1.29, 1.82) is 0 Å². The van der Waals surface area contributed by atoms with Crippen LogP contribution in [0.5, 0.6) is 5.88 Å². The summed E-state index contributed by atoms with van der Waals surface area (Å²) in [5.74, 6) is -0.883. The molecule has 6 nitrogen and oxygen atoms in total. The molecule has 0 saturated carbocycles. The van der Waals surface area contributed by atoms with Crippen molar-refractivity contribution in [3.8, 4) is 5.88 Å². The van der Waals surface area contributed by atoms with E-state index in [4.69, 9.17) is 5.11 Å². The van der Waals surface area contributed by atoms with Crippen molar-refractivity contribution in [2.45, 2.75) is 6.42 Å². The van der Waals surface area contributed by atoms with Crippen molar-refractivity contribution in [3.63, 3.8) is 0 Å². The first-order valence-electron chi connectivity index (χ1n) is 2.81. The lowest BCUT2D eigenvalue weighted by Crippen LogP contribution is -2.01. The van der Waals surface area contributed by atoms with Gasteiger partial charge in [0.1, 0.15) is 0 Å². The Morgan fingerprint density at radius 3 is 3.00 bits per heavy atom. The van der Waals surface area contributed by atoms with Crippen LogP contribution in [-0.4, -0.2) is 28.5 Å². The first-order valence-corrected chi connectivity index (χ1v) is 2.81. The molecule has 0 aliphatic carbocycles. The number of nitrogens with zero attached hydrogens (tertiary/aromatic N) is 2. The largest absolute Gasteiger partial charge is 0.481 e. The Hall–Kier alpha value is -1.59. The molecular formula is C5H6N2O4. The van der Waals surface area contributed by atoms with Gasteiger partial charge in [-0.05, 0) is 5.16 Å². The summed E-state index contributed by atoms with van der Waals surface area (Å²) in [6.07, 6.45) is -0.243. The second kappa shape index (κ2) is 3.00. The van der Waals surface area contributed by atoms with Gasteiger partial charge in [0.05, 0.1) is 13.5 Å². The van der Waals surface area contributed by atoms with Crippen LogP contribution >= 0.6 is 0 Å². The van der Waals surface area contributed by atoms with Crippen LogP contribution in [0.3, 0.4) is 0 Å². The summed E-state index contributed by atoms with van der Waals surface area (Å²) in [5, 5.41) is 15.0. The second-order valence-corrected chi connectivity index (χ2v) is 1.79. The van der Waals surface area contributed by atoms with E-state index < -0.39 is 5.97 Å². The number of carbonyl (C=O) groups is 1. The number of methoxy groups -OCH3 is 1. The first kappa shape index (κ1) is 7.52. The summed E-state index contributed by atoms with van der Waals surface area (Å²) in [4.78, 5) is 10.2. The van der Waals surface area contributed by atoms with Crippen LogP contribution in [-0.2, 0) is 11.2 Å². The smallest absolute Gasteiger partial charge is 0.309 e. The molecule has 1 heterocycles. The van der Waals surface area contributed by atoms with Crippen LogP contribution in [0.15, 0.2) is 4.63 Å². The molecule has 0 atom stereocenters. The third kappa shape index (κ3) is 1.66. The van der Waals surface area contributed by atoms with E-state index in [0.717, 1.165) is 0 Å². The molecule has 11 heavy (non-hydrogen) atoms. The molecule has 0 saturated heterocycles. The predicted molar refractivity (Wildman–Crippen MR) is 32.2 cm³/mol. The van der Waals surface area contributed by atoms with Crippen LogP contribution in [0.4, 0.5) is 0 Å². The molecule has 0 amide bonds. The molecule has 60 valence electrons. The highest BCUT2D eigenvalue weighted by Gasteiger charge is 2.12. The van der Waals surface area contributed by atoms with E-state index in [1.165, 1.54) is 7.11 Å². The lowest BCUT2D eigenvalue weighted by atomic mass is 10.3. The minimum atomic E-state index is -1.00. The molecule has 0 radical (unpaired) electrons. The minimum absolute atomic E-state index is 0.118. The zero-order chi connectivity index (χ0) is 8.27. The molecule has 0 unspecified atom stereocenters. The summed E-state index contributed by atoms with van der Waals surface area (Å²) >= 11 is 0. The van der Waals surface area contributed by atoms with Gasteiger partial charge >= 0.3 is 5.97 Å². The average molecular weight is 158 g/mol. The SMILES string of the molecule is COc1nonc1CC(=O)O. The number of rotatable bonds is 3. The third-order valence-electron chi connectivity index (χ3n) is 1.03. The second-order valence-electron chi connectivity index (χ2n) is 1.79. The minimum Gasteiger partial charge on any atom is -0.481 e. The summed E-state index contributed by atoms with van der Waals surface area (Å²) in [6, 6.07) is 0. The zero-order valence-electron chi connectivity index (χ0n) is 5.77. The van der Waals surface area contributed by atoms with Crippen LogP contribution < -0.4 is 4.74 Å². The molecule has 0 bridgehead atoms. The van der Waals surface area contributed by atoms with E-state index in [1.807, 2.05) is 0 Å². The van der Waals surface area contributed by atoms with Gasteiger partial charge in [0, 0.05) is 0 Å². The van der Waals surface area contributed by atoms with Gasteiger partial charge in [0.25, 0.3) is 5.88 Å². The van der Waals surface area contributed by atoms with Crippen molar-refractivity contribution in [2.24, 2.45) is 0 Å². The highest BCUT2D eigenvalue weighted by molar-refractivity contribution is 5.70. The first-order chi connectivity index (χ1) is 5.24. The highest BCUT2D eigenvalue weighted by atomic mass is 16.6. The van der Waals surface area contributed by atoms with Crippen LogP contribution in [0.2, 0.25) is 0 Å². The van der Waals surface area contributed by atoms with Crippen molar-refractivity contribution in [3.05, 3.63) is 5.69 Å². The Bertz CT molecular complexity index is 257. The molecule has 0 aromatic carbocycles. The van der Waals surface area contributed by atoms with Crippen molar-refractivity contribution in [1.82, 2.24) is 10.3 Å². The molecule has 0 spiro atoms. The van der Waals surface area contributed by atoms with Crippen molar-refractivity contribution < 1.29 is 19.3 Å². The highest BCUT2D eigenvalue weighted by Crippen LogP contribution is 2.11. The Kier molecular flexibility index (Phi) is 2.05. The summed E-state index contributed by atoms with van der Waals surface area (Å²) in [5.41, 5.74) is 0.194. The zero-order valence-corrected chi connectivity index (χ0v) is 5.77. The summed E-state index contributed by atoms with van der Waals surface area (Å²) in [7, 11) is 1.37. The van der Waals surface area contributed by atoms with Crippen molar-refractivity contribution in [2.75, 3.05) is 7.11 Å². The topological polar surface area (TPSA) is 85.5 Å². The molecule has 1 N–H and O–H groups in total. The fourth-order valence-electron chi connectivity index (χ4n) is 0.605. The molecule has 1 rings (SSSR count). The van der Waals surface area contributed by atoms with Gasteiger partial charge in [-0.1, -0.05) is 5.16 Å². The van der Waals surface area contributed by atoms with Gasteiger partial charge < -0.3 is 9.84 Å². The molecule has 0 fully saturated rings. The number of ether oxygens (including phenoxy) is 1. The van der Waals surface area contributed by atoms with Gasteiger partial charge in [0.2, 0.25) is 0 Å². The lowest BCUT2D eigenvalue weighted by Gasteiger charge is -1.91. The number of carboxylic acids is 1. The van der Waals surface area contributed by atoms with Gasteiger partial charge in [0.15, 0.2) is 5.69 Å². The fourth-order valence-corrected chi connectivity index (χ4v) is 0.605. The van der Waals surface area contributed by atoms with E-state index in [1.54, 1.807) is 0 Å². The molecule has 6 heteroatoms. The summed E-state index contributed by atoms with van der Waals surface area (Å²) < 4.78 is 8.90. The number of aliphatic carboxylic acids is 1. The molecule has 1 aromatic heterocycles. The number of carboxylic acid groups (broad SMARTS) is 1. The molecular weight excluding hydrogens is 152 g/mol. The van der Waals surface area contributed by atoms with Gasteiger partial charge in [-0.15, -0.1) is 0 Å². The summed E-state index contributed by atoms with van der Waals surface area (Å²) in [6.45, 7) is 0. The van der Waals surface area contributed by atoms with E-state index in [-0.39, 0.29) is 18.0 Å². The Balaban J connectivity index is 2.76. The third-order valence-corrected chi connectivity index (χ3v) is 1.03. The van der Waals surface area contributed by atoms with Crippen molar-refractivity contribution >= 4 is 5.97 Å². The Morgan fingerprint density at radius 2 is 2.45 bits per heavy atom. The Morgan fingerprint density at radius 1 is 1.73 bits per heavy atom. The monoisotopic (exact) mass is 158 g/mol. The van der Waals surface area contributed by atoms with E-state index in [9.17, 15) is 4.79 Å². The lowest BCUT2D eigenvalue weighted by molar-refractivity contribution is -0.136. The number of aromatic nitrogens is 2. The quantitative estimate of drug-likeness (QED) is 0.650.